The molecule has 2 rings (SSSR count). The highest BCUT2D eigenvalue weighted by Gasteiger charge is 2.25. The molecule has 0 amide bonds. The van der Waals surface area contributed by atoms with Gasteiger partial charge in [0.25, 0.3) is 0 Å². The zero-order valence-electron chi connectivity index (χ0n) is 8.23. The summed E-state index contributed by atoms with van der Waals surface area (Å²) in [6, 6.07) is 7.61. The van der Waals surface area contributed by atoms with Crippen molar-refractivity contribution in [3.05, 3.63) is 34.9 Å². The smallest absolute Gasteiger partial charge is 0.162 e. The van der Waals surface area contributed by atoms with Crippen molar-refractivity contribution in [1.82, 2.24) is 0 Å². The van der Waals surface area contributed by atoms with Crippen LogP contribution in [0.25, 0.3) is 0 Å². The first-order valence-electron chi connectivity index (χ1n) is 4.91. The van der Waals surface area contributed by atoms with Crippen molar-refractivity contribution < 1.29 is 14.6 Å². The largest absolute Gasteiger partial charge is 0.394 e. The van der Waals surface area contributed by atoms with Crippen LogP contribution in [-0.4, -0.2) is 30.7 Å². The predicted molar refractivity (Wildman–Crippen MR) is 56.9 cm³/mol. The standard InChI is InChI=1S/C11H13ClO3/c12-10-4-2-1-3-8(10)5-11-14-7-9(6-13)15-11/h1-4,9,11,13H,5-7H2. The predicted octanol–water partition coefficient (Wildman–Crippen LogP) is 1.62. The SMILES string of the molecule is OCC1COC(Cc2ccccc2Cl)O1. The van der Waals surface area contributed by atoms with Crippen LogP contribution < -0.4 is 0 Å². The summed E-state index contributed by atoms with van der Waals surface area (Å²) in [5, 5.41) is 9.59. The fourth-order valence-corrected chi connectivity index (χ4v) is 1.77. The van der Waals surface area contributed by atoms with E-state index in [4.69, 9.17) is 26.2 Å². The van der Waals surface area contributed by atoms with Gasteiger partial charge in [-0.25, -0.2) is 0 Å². The van der Waals surface area contributed by atoms with Crippen LogP contribution >= 0.6 is 11.6 Å². The maximum absolute atomic E-state index is 8.87. The number of rotatable bonds is 3. The van der Waals surface area contributed by atoms with Gasteiger partial charge in [0.1, 0.15) is 6.10 Å². The van der Waals surface area contributed by atoms with E-state index < -0.39 is 0 Å². The quantitative estimate of drug-likeness (QED) is 0.855. The van der Waals surface area contributed by atoms with Gasteiger partial charge >= 0.3 is 0 Å². The van der Waals surface area contributed by atoms with Crippen molar-refractivity contribution in [3.63, 3.8) is 0 Å². The topological polar surface area (TPSA) is 38.7 Å². The molecule has 3 nitrogen and oxygen atoms in total. The minimum atomic E-state index is -0.290. The Morgan fingerprint density at radius 3 is 2.87 bits per heavy atom. The molecule has 1 aliphatic rings. The zero-order valence-corrected chi connectivity index (χ0v) is 8.98. The van der Waals surface area contributed by atoms with Gasteiger partial charge in [0.2, 0.25) is 0 Å². The van der Waals surface area contributed by atoms with Crippen LogP contribution in [0.2, 0.25) is 5.02 Å². The third-order valence-electron chi connectivity index (χ3n) is 2.36. The summed E-state index contributed by atoms with van der Waals surface area (Å²) in [5.74, 6) is 0. The average molecular weight is 229 g/mol. The molecule has 1 aromatic rings. The highest BCUT2D eigenvalue weighted by molar-refractivity contribution is 6.31. The number of aliphatic hydroxyl groups excluding tert-OH is 1. The van der Waals surface area contributed by atoms with E-state index in [0.717, 1.165) is 10.6 Å². The van der Waals surface area contributed by atoms with E-state index >= 15 is 0 Å². The molecule has 1 saturated heterocycles. The second-order valence-electron chi connectivity index (χ2n) is 3.50. The lowest BCUT2D eigenvalue weighted by molar-refractivity contribution is -0.0632. The number of benzene rings is 1. The first-order valence-corrected chi connectivity index (χ1v) is 5.28. The molecule has 1 heterocycles. The van der Waals surface area contributed by atoms with Crippen molar-refractivity contribution >= 4 is 11.6 Å². The first-order chi connectivity index (χ1) is 7.29. The van der Waals surface area contributed by atoms with Gasteiger partial charge in [-0.05, 0) is 11.6 Å². The number of hydrogen-bond acceptors (Lipinski definition) is 3. The highest BCUT2D eigenvalue weighted by atomic mass is 35.5. The number of hydrogen-bond donors (Lipinski definition) is 1. The third-order valence-corrected chi connectivity index (χ3v) is 2.73. The summed E-state index contributed by atoms with van der Waals surface area (Å²) in [6.45, 7) is 0.449. The lowest BCUT2D eigenvalue weighted by Crippen LogP contribution is -2.17. The van der Waals surface area contributed by atoms with Gasteiger partial charge in [-0.1, -0.05) is 29.8 Å². The molecule has 82 valence electrons. The summed E-state index contributed by atoms with van der Waals surface area (Å²) in [6.07, 6.45) is 0.135. The highest BCUT2D eigenvalue weighted by Crippen LogP contribution is 2.21. The summed E-state index contributed by atoms with van der Waals surface area (Å²) in [4.78, 5) is 0. The molecule has 0 spiro atoms. The Balaban J connectivity index is 1.96. The molecule has 1 N–H and O–H groups in total. The van der Waals surface area contributed by atoms with Gasteiger partial charge in [-0.15, -0.1) is 0 Å². The van der Waals surface area contributed by atoms with Crippen LogP contribution in [0, 0.1) is 0 Å². The maximum Gasteiger partial charge on any atom is 0.162 e. The molecule has 0 aliphatic carbocycles. The van der Waals surface area contributed by atoms with Crippen molar-refractivity contribution in [3.8, 4) is 0 Å². The van der Waals surface area contributed by atoms with Crippen LogP contribution in [0.1, 0.15) is 5.56 Å². The Morgan fingerprint density at radius 2 is 2.20 bits per heavy atom. The van der Waals surface area contributed by atoms with Gasteiger partial charge in [0.05, 0.1) is 13.2 Å². The van der Waals surface area contributed by atoms with Crippen molar-refractivity contribution in [2.75, 3.05) is 13.2 Å². The molecular formula is C11H13ClO3. The summed E-state index contributed by atoms with van der Waals surface area (Å²) < 4.78 is 10.8. The van der Waals surface area contributed by atoms with E-state index in [1.807, 2.05) is 24.3 Å². The van der Waals surface area contributed by atoms with E-state index in [1.54, 1.807) is 0 Å². The van der Waals surface area contributed by atoms with E-state index in [9.17, 15) is 0 Å². The van der Waals surface area contributed by atoms with E-state index in [2.05, 4.69) is 0 Å². The molecule has 0 aromatic heterocycles. The van der Waals surface area contributed by atoms with Crippen LogP contribution in [0.3, 0.4) is 0 Å². The van der Waals surface area contributed by atoms with E-state index in [-0.39, 0.29) is 19.0 Å². The first kappa shape index (κ1) is 10.9. The van der Waals surface area contributed by atoms with E-state index in [0.29, 0.717) is 13.0 Å². The summed E-state index contributed by atoms with van der Waals surface area (Å²) in [7, 11) is 0. The van der Waals surface area contributed by atoms with Crippen LogP contribution in [0.5, 0.6) is 0 Å². The Bertz CT molecular complexity index is 329. The molecule has 2 unspecified atom stereocenters. The monoisotopic (exact) mass is 228 g/mol. The number of ether oxygens (including phenoxy) is 2. The molecule has 1 aromatic carbocycles. The Morgan fingerprint density at radius 1 is 1.40 bits per heavy atom. The normalized spacial score (nSPS) is 25.7. The Hall–Kier alpha value is -0.610. The number of aliphatic hydroxyl groups is 1. The Labute approximate surface area is 93.6 Å². The molecule has 0 radical (unpaired) electrons. The van der Waals surface area contributed by atoms with Crippen molar-refractivity contribution in [2.45, 2.75) is 18.8 Å². The van der Waals surface area contributed by atoms with Gasteiger partial charge in [0, 0.05) is 11.4 Å². The van der Waals surface area contributed by atoms with Crippen LogP contribution in [-0.2, 0) is 15.9 Å². The fourth-order valence-electron chi connectivity index (χ4n) is 1.55. The van der Waals surface area contributed by atoms with Gasteiger partial charge in [0.15, 0.2) is 6.29 Å². The van der Waals surface area contributed by atoms with Gasteiger partial charge < -0.3 is 14.6 Å². The molecule has 1 aliphatic heterocycles. The molecule has 0 bridgehead atoms. The summed E-state index contributed by atoms with van der Waals surface area (Å²) in [5.41, 5.74) is 1.00. The average Bonchev–Trinajstić information content (AvgIpc) is 2.69. The lowest BCUT2D eigenvalue weighted by atomic mass is 10.1. The van der Waals surface area contributed by atoms with Gasteiger partial charge in [-0.2, -0.15) is 0 Å². The zero-order chi connectivity index (χ0) is 10.7. The second kappa shape index (κ2) is 4.94. The van der Waals surface area contributed by atoms with Crippen molar-refractivity contribution in [1.29, 1.82) is 0 Å². The number of halogens is 1. The molecule has 15 heavy (non-hydrogen) atoms. The van der Waals surface area contributed by atoms with Crippen molar-refractivity contribution in [2.24, 2.45) is 0 Å². The Kier molecular flexibility index (Phi) is 3.59. The van der Waals surface area contributed by atoms with Crippen LogP contribution in [0.15, 0.2) is 24.3 Å². The third kappa shape index (κ3) is 2.69. The molecule has 1 fully saturated rings. The minimum absolute atomic E-state index is 0.000970. The van der Waals surface area contributed by atoms with Gasteiger partial charge in [-0.3, -0.25) is 0 Å². The molecule has 2 atom stereocenters. The minimum Gasteiger partial charge on any atom is -0.394 e. The molecule has 0 saturated carbocycles. The molecule has 4 heteroatoms. The van der Waals surface area contributed by atoms with E-state index in [1.165, 1.54) is 0 Å². The molecular weight excluding hydrogens is 216 g/mol. The fraction of sp³-hybridized carbons (Fsp3) is 0.455. The summed E-state index contributed by atoms with van der Waals surface area (Å²) >= 11 is 6.01. The second-order valence-corrected chi connectivity index (χ2v) is 3.91. The maximum atomic E-state index is 8.87. The van der Waals surface area contributed by atoms with Crippen LogP contribution in [0.4, 0.5) is 0 Å². The lowest BCUT2D eigenvalue weighted by Gasteiger charge is -2.11.